The van der Waals surface area contributed by atoms with Crippen LogP contribution in [-0.4, -0.2) is 21.9 Å². The molecular formula is C10H11NOS2. The Kier molecular flexibility index (Phi) is 3.05. The Balaban J connectivity index is 2.19. The lowest BCUT2D eigenvalue weighted by Gasteiger charge is -1.98. The molecule has 2 rings (SSSR count). The predicted molar refractivity (Wildman–Crippen MR) is 62.0 cm³/mol. The zero-order chi connectivity index (χ0) is 9.97. The number of rotatable bonds is 3. The van der Waals surface area contributed by atoms with Crippen LogP contribution in [0.15, 0.2) is 28.6 Å². The van der Waals surface area contributed by atoms with Crippen LogP contribution in [-0.2, 0) is 0 Å². The van der Waals surface area contributed by atoms with E-state index in [1.54, 1.807) is 30.0 Å². The molecule has 74 valence electrons. The third-order valence-corrected chi connectivity index (χ3v) is 4.14. The number of nitrogens with zero attached hydrogens (tertiary/aromatic N) is 1. The second-order valence-electron chi connectivity index (χ2n) is 3.11. The third kappa shape index (κ3) is 2.26. The van der Waals surface area contributed by atoms with Crippen LogP contribution < -0.4 is 0 Å². The highest BCUT2D eigenvalue weighted by Crippen LogP contribution is 2.29. The number of thioether (sulfide) groups is 1. The van der Waals surface area contributed by atoms with Crippen molar-refractivity contribution < 1.29 is 5.11 Å². The molecule has 0 aliphatic rings. The smallest absolute Gasteiger partial charge is 0.151 e. The van der Waals surface area contributed by atoms with Crippen molar-refractivity contribution in [1.82, 2.24) is 4.98 Å². The summed E-state index contributed by atoms with van der Waals surface area (Å²) in [5.41, 5.74) is 1.05. The van der Waals surface area contributed by atoms with Crippen molar-refractivity contribution in [3.63, 3.8) is 0 Å². The maximum Gasteiger partial charge on any atom is 0.151 e. The number of aromatic nitrogens is 1. The van der Waals surface area contributed by atoms with Crippen molar-refractivity contribution in [3.8, 4) is 0 Å². The molecule has 0 bridgehead atoms. The Labute approximate surface area is 91.0 Å². The van der Waals surface area contributed by atoms with Gasteiger partial charge in [-0.3, -0.25) is 0 Å². The van der Waals surface area contributed by atoms with Gasteiger partial charge in [0.1, 0.15) is 0 Å². The van der Waals surface area contributed by atoms with Gasteiger partial charge in [0.25, 0.3) is 0 Å². The summed E-state index contributed by atoms with van der Waals surface area (Å²) in [6.45, 7) is 1.79. The molecule has 1 heterocycles. The van der Waals surface area contributed by atoms with Gasteiger partial charge < -0.3 is 5.11 Å². The van der Waals surface area contributed by atoms with E-state index < -0.39 is 0 Å². The summed E-state index contributed by atoms with van der Waals surface area (Å²) < 4.78 is 2.24. The standard InChI is InChI=1S/C10H11NOS2/c1-7(12)6-13-10-11-8-4-2-3-5-9(8)14-10/h2-5,7,12H,6H2,1H3/t7-/m1/s1. The number of benzene rings is 1. The molecule has 0 radical (unpaired) electrons. The lowest BCUT2D eigenvalue weighted by molar-refractivity contribution is 0.220. The summed E-state index contributed by atoms with van der Waals surface area (Å²) in [6.07, 6.45) is -0.271. The summed E-state index contributed by atoms with van der Waals surface area (Å²) in [5, 5.41) is 9.14. The zero-order valence-corrected chi connectivity index (χ0v) is 9.44. The number of para-hydroxylation sites is 1. The summed E-state index contributed by atoms with van der Waals surface area (Å²) in [6, 6.07) is 8.09. The average Bonchev–Trinajstić information content (AvgIpc) is 2.57. The lowest BCUT2D eigenvalue weighted by atomic mass is 10.3. The summed E-state index contributed by atoms with van der Waals surface area (Å²) >= 11 is 3.29. The first kappa shape index (κ1) is 9.96. The lowest BCUT2D eigenvalue weighted by Crippen LogP contribution is -2.01. The van der Waals surface area contributed by atoms with E-state index in [9.17, 15) is 0 Å². The van der Waals surface area contributed by atoms with E-state index in [1.807, 2.05) is 18.2 Å². The van der Waals surface area contributed by atoms with Crippen LogP contribution in [0.4, 0.5) is 0 Å². The molecule has 1 N–H and O–H groups in total. The van der Waals surface area contributed by atoms with Crippen LogP contribution in [0.3, 0.4) is 0 Å². The van der Waals surface area contributed by atoms with Gasteiger partial charge in [-0.05, 0) is 19.1 Å². The molecule has 0 aliphatic carbocycles. The fraction of sp³-hybridized carbons (Fsp3) is 0.300. The molecule has 2 aromatic rings. The summed E-state index contributed by atoms with van der Waals surface area (Å²) in [4.78, 5) is 4.46. The minimum Gasteiger partial charge on any atom is -0.393 e. The van der Waals surface area contributed by atoms with Gasteiger partial charge >= 0.3 is 0 Å². The molecule has 0 amide bonds. The maximum absolute atomic E-state index is 9.14. The number of fused-ring (bicyclic) bond motifs is 1. The Morgan fingerprint density at radius 3 is 3.00 bits per heavy atom. The van der Waals surface area contributed by atoms with E-state index in [-0.39, 0.29) is 6.10 Å². The first-order chi connectivity index (χ1) is 6.75. The van der Waals surface area contributed by atoms with E-state index in [0.717, 1.165) is 9.86 Å². The largest absolute Gasteiger partial charge is 0.393 e. The second kappa shape index (κ2) is 4.29. The molecular weight excluding hydrogens is 214 g/mol. The molecule has 0 saturated carbocycles. The van der Waals surface area contributed by atoms with Gasteiger partial charge in [-0.15, -0.1) is 11.3 Å². The first-order valence-electron chi connectivity index (χ1n) is 4.42. The minimum absolute atomic E-state index is 0.271. The van der Waals surface area contributed by atoms with E-state index in [1.165, 1.54) is 4.70 Å². The molecule has 1 aromatic heterocycles. The van der Waals surface area contributed by atoms with E-state index in [0.29, 0.717) is 5.75 Å². The Hall–Kier alpha value is -0.580. The molecule has 14 heavy (non-hydrogen) atoms. The monoisotopic (exact) mass is 225 g/mol. The van der Waals surface area contributed by atoms with Gasteiger partial charge in [-0.25, -0.2) is 4.98 Å². The van der Waals surface area contributed by atoms with Crippen molar-refractivity contribution in [2.75, 3.05) is 5.75 Å². The third-order valence-electron chi connectivity index (χ3n) is 1.72. The molecule has 0 unspecified atom stereocenters. The number of aliphatic hydroxyl groups excluding tert-OH is 1. The molecule has 4 heteroatoms. The van der Waals surface area contributed by atoms with Crippen LogP contribution in [0.25, 0.3) is 10.2 Å². The van der Waals surface area contributed by atoms with Gasteiger partial charge in [-0.2, -0.15) is 0 Å². The summed E-state index contributed by atoms with van der Waals surface area (Å²) in [5.74, 6) is 0.708. The Morgan fingerprint density at radius 2 is 2.29 bits per heavy atom. The van der Waals surface area contributed by atoms with Crippen molar-refractivity contribution in [2.45, 2.75) is 17.4 Å². The van der Waals surface area contributed by atoms with Gasteiger partial charge in [0, 0.05) is 5.75 Å². The van der Waals surface area contributed by atoms with Crippen molar-refractivity contribution in [2.24, 2.45) is 0 Å². The quantitative estimate of drug-likeness (QED) is 0.815. The highest BCUT2D eigenvalue weighted by Gasteiger charge is 2.04. The molecule has 1 aromatic carbocycles. The number of thiazole rings is 1. The molecule has 1 atom stereocenters. The second-order valence-corrected chi connectivity index (χ2v) is 5.41. The van der Waals surface area contributed by atoms with Crippen molar-refractivity contribution in [3.05, 3.63) is 24.3 Å². The molecule has 0 saturated heterocycles. The van der Waals surface area contributed by atoms with Crippen LogP contribution >= 0.6 is 23.1 Å². The highest BCUT2D eigenvalue weighted by atomic mass is 32.2. The minimum atomic E-state index is -0.271. The van der Waals surface area contributed by atoms with E-state index in [4.69, 9.17) is 5.11 Å². The van der Waals surface area contributed by atoms with E-state index in [2.05, 4.69) is 11.1 Å². The Morgan fingerprint density at radius 1 is 1.50 bits per heavy atom. The van der Waals surface area contributed by atoms with Gasteiger partial charge in [0.15, 0.2) is 4.34 Å². The van der Waals surface area contributed by atoms with Crippen LogP contribution in [0.1, 0.15) is 6.92 Å². The van der Waals surface area contributed by atoms with Crippen molar-refractivity contribution >= 4 is 33.3 Å². The van der Waals surface area contributed by atoms with Crippen LogP contribution in [0.5, 0.6) is 0 Å². The fourth-order valence-corrected chi connectivity index (χ4v) is 3.06. The van der Waals surface area contributed by atoms with E-state index >= 15 is 0 Å². The maximum atomic E-state index is 9.14. The first-order valence-corrected chi connectivity index (χ1v) is 6.22. The van der Waals surface area contributed by atoms with Crippen molar-refractivity contribution in [1.29, 1.82) is 0 Å². The fourth-order valence-electron chi connectivity index (χ4n) is 1.10. The number of hydrogen-bond acceptors (Lipinski definition) is 4. The topological polar surface area (TPSA) is 33.1 Å². The highest BCUT2D eigenvalue weighted by molar-refractivity contribution is 8.01. The summed E-state index contributed by atoms with van der Waals surface area (Å²) in [7, 11) is 0. The zero-order valence-electron chi connectivity index (χ0n) is 7.80. The molecule has 2 nitrogen and oxygen atoms in total. The predicted octanol–water partition coefficient (Wildman–Crippen LogP) is 2.77. The molecule has 0 aliphatic heterocycles. The molecule has 0 fully saturated rings. The van der Waals surface area contributed by atoms with Gasteiger partial charge in [0.05, 0.1) is 16.3 Å². The number of aliphatic hydroxyl groups is 1. The normalized spacial score (nSPS) is 13.3. The molecule has 0 spiro atoms. The average molecular weight is 225 g/mol. The SMILES string of the molecule is C[C@@H](O)CSc1nc2ccccc2s1. The Bertz CT molecular complexity index is 392. The number of hydrogen-bond donors (Lipinski definition) is 1. The van der Waals surface area contributed by atoms with Gasteiger partial charge in [-0.1, -0.05) is 23.9 Å². The van der Waals surface area contributed by atoms with Crippen LogP contribution in [0.2, 0.25) is 0 Å². The van der Waals surface area contributed by atoms with Gasteiger partial charge in [0.2, 0.25) is 0 Å². The van der Waals surface area contributed by atoms with Crippen LogP contribution in [0, 0.1) is 0 Å².